The van der Waals surface area contributed by atoms with Gasteiger partial charge in [0.2, 0.25) is 0 Å². The van der Waals surface area contributed by atoms with Gasteiger partial charge in [-0.25, -0.2) is 14.5 Å². The third kappa shape index (κ3) is 4.16. The molecule has 0 aliphatic carbocycles. The van der Waals surface area contributed by atoms with Crippen LogP contribution in [0, 0.1) is 5.92 Å². The minimum atomic E-state index is -0.571. The van der Waals surface area contributed by atoms with Gasteiger partial charge in [-0.3, -0.25) is 4.79 Å². The van der Waals surface area contributed by atoms with Gasteiger partial charge in [0.1, 0.15) is 11.6 Å². The summed E-state index contributed by atoms with van der Waals surface area (Å²) in [6.07, 6.45) is 0. The highest BCUT2D eigenvalue weighted by atomic mass is 32.1. The number of hydrogen-bond acceptors (Lipinski definition) is 6. The van der Waals surface area contributed by atoms with E-state index in [9.17, 15) is 9.59 Å². The zero-order valence-corrected chi connectivity index (χ0v) is 17.6. The van der Waals surface area contributed by atoms with Crippen molar-refractivity contribution in [1.29, 1.82) is 0 Å². The molecule has 0 spiro atoms. The maximum Gasteiger partial charge on any atom is 0.359 e. The molecule has 7 heteroatoms. The number of aromatic nitrogens is 3. The second-order valence-electron chi connectivity index (χ2n) is 7.36. The minimum absolute atomic E-state index is 0.0431. The number of fused-ring (bicyclic) bond motifs is 1. The second kappa shape index (κ2) is 8.59. The number of hydrogen-bond donors (Lipinski definition) is 0. The summed E-state index contributed by atoms with van der Waals surface area (Å²) < 4.78 is 6.85. The highest BCUT2D eigenvalue weighted by molar-refractivity contribution is 7.13. The number of carbonyl (C=O) groups excluding carboxylic acids is 1. The lowest BCUT2D eigenvalue weighted by Crippen LogP contribution is -2.28. The lowest BCUT2D eigenvalue weighted by atomic mass is 10.1. The quantitative estimate of drug-likeness (QED) is 0.429. The summed E-state index contributed by atoms with van der Waals surface area (Å²) in [6, 6.07) is 16.8. The minimum Gasteiger partial charge on any atom is -0.454 e. The molecule has 0 saturated carbocycles. The summed E-state index contributed by atoms with van der Waals surface area (Å²) in [5.74, 6) is -0.357. The van der Waals surface area contributed by atoms with Crippen LogP contribution in [0.4, 0.5) is 0 Å². The van der Waals surface area contributed by atoms with E-state index >= 15 is 0 Å². The molecule has 0 aliphatic rings. The van der Waals surface area contributed by atoms with E-state index in [1.165, 1.54) is 16.0 Å². The van der Waals surface area contributed by atoms with Crippen molar-refractivity contribution in [2.45, 2.75) is 27.0 Å². The Balaban J connectivity index is 1.58. The lowest BCUT2D eigenvalue weighted by Gasteiger charge is -2.12. The number of rotatable bonds is 6. The number of benzene rings is 2. The molecule has 6 nitrogen and oxygen atoms in total. The fourth-order valence-corrected chi connectivity index (χ4v) is 3.96. The Hall–Kier alpha value is -3.32. The number of thiazole rings is 1. The van der Waals surface area contributed by atoms with Crippen LogP contribution in [0.1, 0.15) is 30.0 Å². The van der Waals surface area contributed by atoms with Gasteiger partial charge < -0.3 is 4.74 Å². The molecule has 2 aromatic carbocycles. The molecular weight excluding hydrogens is 398 g/mol. The zero-order valence-electron chi connectivity index (χ0n) is 16.7. The van der Waals surface area contributed by atoms with Crippen LogP contribution in [0.15, 0.2) is 64.8 Å². The molecule has 0 N–H and O–H groups in total. The lowest BCUT2D eigenvalue weighted by molar-refractivity contribution is 0.0461. The first-order valence-electron chi connectivity index (χ1n) is 9.69. The monoisotopic (exact) mass is 419 g/mol. The summed E-state index contributed by atoms with van der Waals surface area (Å²) in [4.78, 5) is 30.1. The summed E-state index contributed by atoms with van der Waals surface area (Å²) in [5, 5.41) is 8.02. The maximum absolute atomic E-state index is 12.8. The van der Waals surface area contributed by atoms with E-state index in [0.717, 1.165) is 10.6 Å². The zero-order chi connectivity index (χ0) is 21.1. The molecule has 4 rings (SSSR count). The van der Waals surface area contributed by atoms with Crippen molar-refractivity contribution in [3.05, 3.63) is 81.7 Å². The molecule has 4 aromatic rings. The van der Waals surface area contributed by atoms with Gasteiger partial charge in [-0.2, -0.15) is 5.10 Å². The maximum atomic E-state index is 12.8. The van der Waals surface area contributed by atoms with Crippen molar-refractivity contribution in [2.24, 2.45) is 5.92 Å². The van der Waals surface area contributed by atoms with E-state index in [1.54, 1.807) is 24.3 Å². The molecule has 0 saturated heterocycles. The van der Waals surface area contributed by atoms with Crippen LogP contribution in [0.5, 0.6) is 0 Å². The Kier molecular flexibility index (Phi) is 5.72. The molecule has 2 heterocycles. The van der Waals surface area contributed by atoms with Crippen molar-refractivity contribution in [1.82, 2.24) is 14.8 Å². The smallest absolute Gasteiger partial charge is 0.359 e. The van der Waals surface area contributed by atoms with E-state index in [-0.39, 0.29) is 23.8 Å². The van der Waals surface area contributed by atoms with Crippen LogP contribution in [0.3, 0.4) is 0 Å². The largest absolute Gasteiger partial charge is 0.454 e. The third-order valence-corrected chi connectivity index (χ3v) is 5.46. The normalized spacial score (nSPS) is 11.2. The van der Waals surface area contributed by atoms with Gasteiger partial charge in [-0.05, 0) is 12.0 Å². The summed E-state index contributed by atoms with van der Waals surface area (Å²) in [7, 11) is 0. The van der Waals surface area contributed by atoms with Crippen LogP contribution < -0.4 is 5.56 Å². The first kappa shape index (κ1) is 20.0. The first-order chi connectivity index (χ1) is 14.5. The first-order valence-corrected chi connectivity index (χ1v) is 10.6. The van der Waals surface area contributed by atoms with Crippen LogP contribution in [0.2, 0.25) is 0 Å². The molecule has 2 aromatic heterocycles. The molecule has 30 heavy (non-hydrogen) atoms. The molecule has 0 radical (unpaired) electrons. The van der Waals surface area contributed by atoms with Crippen LogP contribution in [0.25, 0.3) is 21.3 Å². The standard InChI is InChI=1S/C23H21N3O3S/c1-15(2)12-26-22(27)19-11-7-6-10-18(19)20(25-26)23(28)29-13-17-14-30-21(24-17)16-8-4-3-5-9-16/h3-11,14-15H,12-13H2,1-2H3. The summed E-state index contributed by atoms with van der Waals surface area (Å²) >= 11 is 1.50. The summed E-state index contributed by atoms with van der Waals surface area (Å²) in [6.45, 7) is 4.46. The van der Waals surface area contributed by atoms with Gasteiger partial charge in [0.15, 0.2) is 5.69 Å². The number of esters is 1. The van der Waals surface area contributed by atoms with Gasteiger partial charge >= 0.3 is 5.97 Å². The van der Waals surface area contributed by atoms with Gasteiger partial charge in [0.05, 0.1) is 11.1 Å². The summed E-state index contributed by atoms with van der Waals surface area (Å²) in [5.41, 5.74) is 1.63. The Labute approximate surface area is 177 Å². The number of ether oxygens (including phenoxy) is 1. The van der Waals surface area contributed by atoms with Crippen LogP contribution in [-0.4, -0.2) is 20.7 Å². The Morgan fingerprint density at radius 2 is 1.77 bits per heavy atom. The van der Waals surface area contributed by atoms with Crippen LogP contribution >= 0.6 is 11.3 Å². The van der Waals surface area contributed by atoms with E-state index in [4.69, 9.17) is 4.74 Å². The molecule has 0 fully saturated rings. The van der Waals surface area contributed by atoms with Crippen molar-refractivity contribution in [3.63, 3.8) is 0 Å². The highest BCUT2D eigenvalue weighted by Crippen LogP contribution is 2.24. The predicted octanol–water partition coefficient (Wildman–Crippen LogP) is 4.53. The highest BCUT2D eigenvalue weighted by Gasteiger charge is 2.19. The van der Waals surface area contributed by atoms with Crippen molar-refractivity contribution < 1.29 is 9.53 Å². The van der Waals surface area contributed by atoms with Crippen molar-refractivity contribution in [2.75, 3.05) is 0 Å². The molecule has 152 valence electrons. The molecular formula is C23H21N3O3S. The van der Waals surface area contributed by atoms with E-state index < -0.39 is 5.97 Å². The van der Waals surface area contributed by atoms with Gasteiger partial charge in [-0.15, -0.1) is 11.3 Å². The fourth-order valence-electron chi connectivity index (χ4n) is 3.15. The molecule has 0 unspecified atom stereocenters. The predicted molar refractivity (Wildman–Crippen MR) is 118 cm³/mol. The third-order valence-electron chi connectivity index (χ3n) is 4.52. The Morgan fingerprint density at radius 3 is 2.50 bits per heavy atom. The number of carbonyl (C=O) groups is 1. The van der Waals surface area contributed by atoms with Gasteiger partial charge in [-0.1, -0.05) is 62.4 Å². The van der Waals surface area contributed by atoms with E-state index in [2.05, 4.69) is 10.1 Å². The van der Waals surface area contributed by atoms with Crippen molar-refractivity contribution >= 4 is 28.1 Å². The molecule has 0 bridgehead atoms. The molecule has 0 atom stereocenters. The fraction of sp³-hybridized carbons (Fsp3) is 0.217. The van der Waals surface area contributed by atoms with E-state index in [0.29, 0.717) is 23.0 Å². The molecule has 0 amide bonds. The van der Waals surface area contributed by atoms with Crippen molar-refractivity contribution in [3.8, 4) is 10.6 Å². The Morgan fingerprint density at radius 1 is 1.07 bits per heavy atom. The number of nitrogens with zero attached hydrogens (tertiary/aromatic N) is 3. The van der Waals surface area contributed by atoms with Crippen LogP contribution in [-0.2, 0) is 17.9 Å². The second-order valence-corrected chi connectivity index (χ2v) is 8.22. The Bertz CT molecular complexity index is 1250. The van der Waals surface area contributed by atoms with E-state index in [1.807, 2.05) is 49.6 Å². The van der Waals surface area contributed by atoms with Gasteiger partial charge in [0.25, 0.3) is 5.56 Å². The average molecular weight is 420 g/mol. The van der Waals surface area contributed by atoms with Gasteiger partial charge in [0, 0.05) is 22.9 Å². The molecule has 0 aliphatic heterocycles. The topological polar surface area (TPSA) is 74.1 Å². The SMILES string of the molecule is CC(C)Cn1nc(C(=O)OCc2csc(-c3ccccc3)n2)c2ccccc2c1=O. The average Bonchev–Trinajstić information content (AvgIpc) is 3.23.